The minimum atomic E-state index is -4.17. The number of carbonyl (C=O) groups is 2. The van der Waals surface area contributed by atoms with Gasteiger partial charge in [0.1, 0.15) is 6.61 Å². The molecule has 45 heavy (non-hydrogen) atoms. The normalized spacial score (nSPS) is 19.8. The van der Waals surface area contributed by atoms with Gasteiger partial charge in [-0.15, -0.1) is 0 Å². The SMILES string of the molecule is Cc1cccc(C)c1-c1cc2nc(n1)NS(=O)(=O)c1cccc(c1)C(=O)N([C@H]1CCN(C(=O)OC(C)C)C1)[C@H](CC(C)C)CO2. The Bertz CT molecular complexity index is 1670. The number of carbonyl (C=O) groups excluding carboxylic acids is 2. The fourth-order valence-electron chi connectivity index (χ4n) is 6.04. The lowest BCUT2D eigenvalue weighted by Gasteiger charge is -2.37. The van der Waals surface area contributed by atoms with Gasteiger partial charge in [-0.2, -0.15) is 4.98 Å². The molecule has 3 heterocycles. The largest absolute Gasteiger partial charge is 0.475 e. The summed E-state index contributed by atoms with van der Waals surface area (Å²) >= 11 is 0. The predicted molar refractivity (Wildman–Crippen MR) is 171 cm³/mol. The lowest BCUT2D eigenvalue weighted by atomic mass is 9.99. The lowest BCUT2D eigenvalue weighted by molar-refractivity contribution is 0.0430. The van der Waals surface area contributed by atoms with E-state index in [1.165, 1.54) is 12.1 Å². The highest BCUT2D eigenvalue weighted by molar-refractivity contribution is 7.92. The van der Waals surface area contributed by atoms with Crippen LogP contribution in [0.1, 0.15) is 62.0 Å². The van der Waals surface area contributed by atoms with E-state index in [0.29, 0.717) is 31.6 Å². The second-order valence-electron chi connectivity index (χ2n) is 12.4. The van der Waals surface area contributed by atoms with Gasteiger partial charge in [-0.1, -0.05) is 38.1 Å². The summed E-state index contributed by atoms with van der Waals surface area (Å²) in [4.78, 5) is 39.4. The number of likely N-dealkylation sites (tertiary alicyclic amines) is 1. The van der Waals surface area contributed by atoms with E-state index in [-0.39, 0.29) is 52.9 Å². The van der Waals surface area contributed by atoms with E-state index >= 15 is 0 Å². The standard InChI is InChI=1S/C33H41N5O6S/c1-20(2)15-26-19-43-29-17-28(30-22(5)9-7-10-23(30)6)34-32(35-29)36-45(41,42)27-12-8-11-24(16-27)31(39)38(26)25-13-14-37(18-25)33(40)44-21(3)4/h7-12,16-17,20-21,25-26H,13-15,18-19H2,1-6H3,(H,34,35,36)/t25-,26+/m0/s1. The number of nitrogens with one attached hydrogen (secondary N) is 1. The first-order valence-corrected chi connectivity index (χ1v) is 16.8. The zero-order valence-electron chi connectivity index (χ0n) is 26.6. The Kier molecular flexibility index (Phi) is 9.33. The van der Waals surface area contributed by atoms with Gasteiger partial charge in [0.15, 0.2) is 0 Å². The van der Waals surface area contributed by atoms with Crippen LogP contribution in [-0.2, 0) is 14.8 Å². The highest BCUT2D eigenvalue weighted by atomic mass is 32.2. The third kappa shape index (κ3) is 7.22. The molecule has 2 aliphatic rings. The van der Waals surface area contributed by atoms with Crippen LogP contribution in [0.25, 0.3) is 11.3 Å². The van der Waals surface area contributed by atoms with Gasteiger partial charge in [0.2, 0.25) is 11.8 Å². The maximum Gasteiger partial charge on any atom is 0.410 e. The maximum atomic E-state index is 14.3. The summed E-state index contributed by atoms with van der Waals surface area (Å²) in [6, 6.07) is 12.8. The number of amides is 2. The van der Waals surface area contributed by atoms with E-state index in [2.05, 4.69) is 28.5 Å². The molecule has 0 saturated carbocycles. The Hall–Kier alpha value is -4.19. The number of hydrogen-bond acceptors (Lipinski definition) is 8. The molecule has 12 heteroatoms. The van der Waals surface area contributed by atoms with E-state index < -0.39 is 22.2 Å². The van der Waals surface area contributed by atoms with Gasteiger partial charge in [-0.05, 0) is 75.8 Å². The summed E-state index contributed by atoms with van der Waals surface area (Å²) < 4.78 is 41.5. The van der Waals surface area contributed by atoms with Crippen LogP contribution in [0, 0.1) is 19.8 Å². The zero-order valence-corrected chi connectivity index (χ0v) is 27.4. The minimum absolute atomic E-state index is 0.0925. The average molecular weight is 636 g/mol. The van der Waals surface area contributed by atoms with Crippen LogP contribution in [0.2, 0.25) is 0 Å². The first kappa shape index (κ1) is 32.2. The number of fused-ring (bicyclic) bond motifs is 4. The first-order valence-electron chi connectivity index (χ1n) is 15.3. The van der Waals surface area contributed by atoms with Gasteiger partial charge >= 0.3 is 6.09 Å². The second-order valence-corrected chi connectivity index (χ2v) is 14.1. The van der Waals surface area contributed by atoms with Crippen molar-refractivity contribution >= 4 is 28.0 Å². The Morgan fingerprint density at radius 3 is 2.47 bits per heavy atom. The highest BCUT2D eigenvalue weighted by Crippen LogP contribution is 2.31. The number of hydrogen-bond donors (Lipinski definition) is 1. The Morgan fingerprint density at radius 2 is 1.78 bits per heavy atom. The third-order valence-electron chi connectivity index (χ3n) is 8.00. The summed E-state index contributed by atoms with van der Waals surface area (Å²) in [6.07, 6.45) is 0.460. The Morgan fingerprint density at radius 1 is 1.07 bits per heavy atom. The van der Waals surface area contributed by atoms with Crippen molar-refractivity contribution in [2.24, 2.45) is 5.92 Å². The van der Waals surface area contributed by atoms with Gasteiger partial charge in [0, 0.05) is 30.3 Å². The molecule has 1 N–H and O–H groups in total. The molecular weight excluding hydrogens is 594 g/mol. The van der Waals surface area contributed by atoms with Crippen molar-refractivity contribution < 1.29 is 27.5 Å². The van der Waals surface area contributed by atoms with Gasteiger partial charge < -0.3 is 19.3 Å². The summed E-state index contributed by atoms with van der Waals surface area (Å²) in [5.41, 5.74) is 3.52. The predicted octanol–water partition coefficient (Wildman–Crippen LogP) is 5.43. The van der Waals surface area contributed by atoms with Gasteiger partial charge in [0.25, 0.3) is 15.9 Å². The number of benzene rings is 2. The molecule has 0 aliphatic carbocycles. The van der Waals surface area contributed by atoms with Crippen molar-refractivity contribution in [3.05, 3.63) is 65.2 Å². The monoisotopic (exact) mass is 635 g/mol. The molecule has 2 aliphatic heterocycles. The molecule has 2 amide bonds. The van der Waals surface area contributed by atoms with E-state index in [4.69, 9.17) is 9.47 Å². The first-order chi connectivity index (χ1) is 21.3. The average Bonchev–Trinajstić information content (AvgIpc) is 3.45. The third-order valence-corrected chi connectivity index (χ3v) is 9.33. The second kappa shape index (κ2) is 13.0. The maximum absolute atomic E-state index is 14.3. The number of sulfonamides is 1. The molecule has 11 nitrogen and oxygen atoms in total. The van der Waals surface area contributed by atoms with Crippen LogP contribution in [0.15, 0.2) is 53.4 Å². The van der Waals surface area contributed by atoms with E-state index in [1.807, 2.05) is 32.0 Å². The van der Waals surface area contributed by atoms with Gasteiger partial charge in [0.05, 0.1) is 28.8 Å². The molecule has 2 atom stereocenters. The van der Waals surface area contributed by atoms with Crippen LogP contribution < -0.4 is 9.46 Å². The number of rotatable bonds is 5. The Labute approximate surface area is 265 Å². The number of nitrogens with zero attached hydrogens (tertiary/aromatic N) is 4. The smallest absolute Gasteiger partial charge is 0.410 e. The van der Waals surface area contributed by atoms with Crippen molar-refractivity contribution in [2.45, 2.75) is 77.5 Å². The molecule has 1 saturated heterocycles. The molecule has 0 unspecified atom stereocenters. The van der Waals surface area contributed by atoms with E-state index in [1.54, 1.807) is 41.8 Å². The molecule has 4 bridgehead atoms. The van der Waals surface area contributed by atoms with Crippen LogP contribution in [0.3, 0.4) is 0 Å². The molecule has 1 aromatic heterocycles. The van der Waals surface area contributed by atoms with Gasteiger partial charge in [-0.3, -0.25) is 4.79 Å². The van der Waals surface area contributed by atoms with Crippen molar-refractivity contribution in [3.8, 4) is 17.1 Å². The van der Waals surface area contributed by atoms with Crippen molar-refractivity contribution in [1.29, 1.82) is 0 Å². The van der Waals surface area contributed by atoms with E-state index in [0.717, 1.165) is 16.7 Å². The topological polar surface area (TPSA) is 131 Å². The lowest BCUT2D eigenvalue weighted by Crippen LogP contribution is -2.51. The number of aromatic nitrogens is 2. The molecule has 2 aromatic carbocycles. The van der Waals surface area contributed by atoms with Crippen LogP contribution in [0.4, 0.5) is 10.7 Å². The van der Waals surface area contributed by atoms with Crippen LogP contribution in [0.5, 0.6) is 5.88 Å². The number of anilines is 1. The molecule has 5 rings (SSSR count). The Balaban J connectivity index is 1.62. The van der Waals surface area contributed by atoms with E-state index in [9.17, 15) is 18.0 Å². The van der Waals surface area contributed by atoms with Crippen molar-refractivity contribution in [1.82, 2.24) is 19.8 Å². The summed E-state index contributed by atoms with van der Waals surface area (Å²) in [7, 11) is -4.17. The van der Waals surface area contributed by atoms with Gasteiger partial charge in [-0.25, -0.2) is 22.9 Å². The van der Waals surface area contributed by atoms with Crippen molar-refractivity contribution in [2.75, 3.05) is 24.4 Å². The zero-order chi connectivity index (χ0) is 32.5. The number of ether oxygens (including phenoxy) is 2. The molecule has 3 aromatic rings. The fourth-order valence-corrected chi connectivity index (χ4v) is 7.03. The van der Waals surface area contributed by atoms with Crippen molar-refractivity contribution in [3.63, 3.8) is 0 Å². The quantitative estimate of drug-likeness (QED) is 0.393. The number of aryl methyl sites for hydroxylation is 2. The summed E-state index contributed by atoms with van der Waals surface area (Å²) in [5.74, 6) is -0.0827. The van der Waals surface area contributed by atoms with Crippen LogP contribution >= 0.6 is 0 Å². The molecule has 0 radical (unpaired) electrons. The molecule has 240 valence electrons. The summed E-state index contributed by atoms with van der Waals surface area (Å²) in [5, 5.41) is 0. The molecule has 0 spiro atoms. The minimum Gasteiger partial charge on any atom is -0.475 e. The molecule has 1 fully saturated rings. The highest BCUT2D eigenvalue weighted by Gasteiger charge is 2.39. The summed E-state index contributed by atoms with van der Waals surface area (Å²) in [6.45, 7) is 12.5. The molecular formula is C33H41N5O6S. The van der Waals surface area contributed by atoms with Crippen LogP contribution in [-0.4, -0.2) is 78.1 Å². The fraction of sp³-hybridized carbons (Fsp3) is 0.455.